The third-order valence-corrected chi connectivity index (χ3v) is 7.89. The second kappa shape index (κ2) is 9.25. The summed E-state index contributed by atoms with van der Waals surface area (Å²) in [4.78, 5) is 31.7. The second-order valence-electron chi connectivity index (χ2n) is 10.6. The smallest absolute Gasteiger partial charge is 0.235 e. The molecule has 9 heteroatoms. The van der Waals surface area contributed by atoms with Gasteiger partial charge in [0.15, 0.2) is 0 Å². The number of fused-ring (bicyclic) bond motifs is 1. The van der Waals surface area contributed by atoms with E-state index in [4.69, 9.17) is 16.3 Å². The van der Waals surface area contributed by atoms with E-state index >= 15 is 0 Å². The van der Waals surface area contributed by atoms with Crippen molar-refractivity contribution in [2.24, 2.45) is 11.3 Å². The number of hydrogen-bond acceptors (Lipinski definition) is 6. The summed E-state index contributed by atoms with van der Waals surface area (Å²) in [5, 5.41) is 8.47. The van der Waals surface area contributed by atoms with Crippen LogP contribution in [0.3, 0.4) is 0 Å². The van der Waals surface area contributed by atoms with Crippen LogP contribution in [0.2, 0.25) is 5.02 Å². The summed E-state index contributed by atoms with van der Waals surface area (Å²) in [5.41, 5.74) is 4.79. The number of nitrogens with one attached hydrogen (secondary N) is 1. The molecule has 3 aromatic rings. The zero-order valence-corrected chi connectivity index (χ0v) is 22.1. The van der Waals surface area contributed by atoms with Gasteiger partial charge in [0, 0.05) is 42.2 Å². The normalized spacial score (nSPS) is 24.2. The number of halogens is 1. The number of aryl methyl sites for hydroxylation is 1. The fourth-order valence-electron chi connectivity index (χ4n) is 5.26. The molecule has 3 atom stereocenters. The van der Waals surface area contributed by atoms with E-state index < -0.39 is 5.41 Å². The molecule has 1 aromatic carbocycles. The van der Waals surface area contributed by atoms with E-state index in [0.717, 1.165) is 53.0 Å². The van der Waals surface area contributed by atoms with Crippen LogP contribution in [0, 0.1) is 18.3 Å². The third kappa shape index (κ3) is 4.31. The van der Waals surface area contributed by atoms with E-state index in [0.29, 0.717) is 5.02 Å². The largest absolute Gasteiger partial charge is 0.372 e. The first-order chi connectivity index (χ1) is 17.1. The van der Waals surface area contributed by atoms with Crippen molar-refractivity contribution in [3.05, 3.63) is 52.4 Å². The highest BCUT2D eigenvalue weighted by Crippen LogP contribution is 2.38. The van der Waals surface area contributed by atoms with Crippen LogP contribution in [-0.2, 0) is 27.3 Å². The number of rotatable bonds is 5. The molecule has 0 saturated carbocycles. The number of amides is 2. The van der Waals surface area contributed by atoms with Gasteiger partial charge in [0.2, 0.25) is 11.8 Å². The fraction of sp³-hybridized carbons (Fsp3) is 0.481. The molecule has 0 spiro atoms. The molecule has 0 aliphatic carbocycles. The molecule has 0 radical (unpaired) electrons. The lowest BCUT2D eigenvalue weighted by molar-refractivity contribution is -0.141. The van der Waals surface area contributed by atoms with Gasteiger partial charge in [0.1, 0.15) is 6.33 Å². The van der Waals surface area contributed by atoms with Crippen LogP contribution in [0.5, 0.6) is 0 Å². The van der Waals surface area contributed by atoms with Crippen molar-refractivity contribution in [1.29, 1.82) is 0 Å². The van der Waals surface area contributed by atoms with Gasteiger partial charge in [-0.15, -0.1) is 0 Å². The quantitative estimate of drug-likeness (QED) is 0.526. The molecule has 2 aliphatic heterocycles. The molecule has 2 fully saturated rings. The summed E-state index contributed by atoms with van der Waals surface area (Å²) in [5.74, 6) is -0.645. The lowest BCUT2D eigenvalue weighted by atomic mass is 9.82. The standard InChI is InChI=1S/C27H32ClN5O3/c1-15-6-19(28)8-22(21(15)9-20-11-29-10-16(2)36-20)24-23-7-18(13-33(23)31-14-30-24)12-32-25(34)17(3)27(4,5)26(32)35/h6-8,13-14,16-17,20,29H,9-12H2,1-5H3. The number of morpholine rings is 1. The number of likely N-dealkylation sites (tertiary alicyclic amines) is 1. The minimum absolute atomic E-state index is 0.0464. The molecule has 2 amide bonds. The Kier molecular flexibility index (Phi) is 6.39. The number of carbonyl (C=O) groups is 2. The average molecular weight is 510 g/mol. The summed E-state index contributed by atoms with van der Waals surface area (Å²) in [6.07, 6.45) is 4.30. The van der Waals surface area contributed by atoms with Crippen molar-refractivity contribution in [2.45, 2.75) is 59.8 Å². The highest BCUT2D eigenvalue weighted by molar-refractivity contribution is 6.31. The van der Waals surface area contributed by atoms with Gasteiger partial charge < -0.3 is 10.1 Å². The van der Waals surface area contributed by atoms with Gasteiger partial charge in [-0.3, -0.25) is 14.5 Å². The summed E-state index contributed by atoms with van der Waals surface area (Å²) < 4.78 is 7.92. The third-order valence-electron chi connectivity index (χ3n) is 7.67. The molecule has 36 heavy (non-hydrogen) atoms. The minimum Gasteiger partial charge on any atom is -0.372 e. The van der Waals surface area contributed by atoms with E-state index in [2.05, 4.69) is 29.2 Å². The lowest BCUT2D eigenvalue weighted by Crippen LogP contribution is -2.44. The van der Waals surface area contributed by atoms with Crippen LogP contribution >= 0.6 is 11.6 Å². The molecule has 0 bridgehead atoms. The number of imide groups is 1. The Bertz CT molecular complexity index is 1350. The Morgan fingerprint density at radius 1 is 1.19 bits per heavy atom. The van der Waals surface area contributed by atoms with Gasteiger partial charge in [0.25, 0.3) is 0 Å². The van der Waals surface area contributed by atoms with Gasteiger partial charge in [-0.25, -0.2) is 9.50 Å². The predicted octanol–water partition coefficient (Wildman–Crippen LogP) is 3.81. The molecule has 2 aromatic heterocycles. The van der Waals surface area contributed by atoms with Crippen LogP contribution in [-0.4, -0.2) is 56.6 Å². The predicted molar refractivity (Wildman–Crippen MR) is 138 cm³/mol. The highest BCUT2D eigenvalue weighted by atomic mass is 35.5. The van der Waals surface area contributed by atoms with E-state index in [1.54, 1.807) is 4.52 Å². The fourth-order valence-corrected chi connectivity index (χ4v) is 5.53. The molecule has 190 valence electrons. The van der Waals surface area contributed by atoms with Gasteiger partial charge in [-0.05, 0) is 48.7 Å². The lowest BCUT2D eigenvalue weighted by Gasteiger charge is -2.30. The molecular weight excluding hydrogens is 478 g/mol. The van der Waals surface area contributed by atoms with Gasteiger partial charge in [-0.2, -0.15) is 5.10 Å². The van der Waals surface area contributed by atoms with Crippen LogP contribution in [0.25, 0.3) is 16.8 Å². The Hall–Kier alpha value is -2.81. The number of nitrogens with zero attached hydrogens (tertiary/aromatic N) is 4. The molecule has 2 saturated heterocycles. The average Bonchev–Trinajstić information content (AvgIpc) is 3.30. The second-order valence-corrected chi connectivity index (χ2v) is 11.1. The first kappa shape index (κ1) is 24.9. The summed E-state index contributed by atoms with van der Waals surface area (Å²) in [6.45, 7) is 11.4. The van der Waals surface area contributed by atoms with Crippen LogP contribution in [0.15, 0.2) is 30.7 Å². The van der Waals surface area contributed by atoms with Crippen LogP contribution in [0.4, 0.5) is 0 Å². The Labute approximate surface area is 216 Å². The molecule has 1 N–H and O–H groups in total. The zero-order valence-electron chi connectivity index (χ0n) is 21.3. The molecule has 3 unspecified atom stereocenters. The highest BCUT2D eigenvalue weighted by Gasteiger charge is 2.50. The van der Waals surface area contributed by atoms with Gasteiger partial charge >= 0.3 is 0 Å². The summed E-state index contributed by atoms with van der Waals surface area (Å²) >= 11 is 6.50. The van der Waals surface area contributed by atoms with E-state index in [9.17, 15) is 9.59 Å². The van der Waals surface area contributed by atoms with Crippen LogP contribution < -0.4 is 5.32 Å². The van der Waals surface area contributed by atoms with Crippen molar-refractivity contribution in [3.8, 4) is 11.3 Å². The molecule has 2 aliphatic rings. The number of carbonyl (C=O) groups excluding carboxylic acids is 2. The maximum absolute atomic E-state index is 12.9. The molecule has 4 heterocycles. The zero-order chi connectivity index (χ0) is 25.8. The van der Waals surface area contributed by atoms with Crippen molar-refractivity contribution < 1.29 is 14.3 Å². The van der Waals surface area contributed by atoms with E-state index in [-0.39, 0.29) is 36.5 Å². The maximum atomic E-state index is 12.9. The Morgan fingerprint density at radius 3 is 2.67 bits per heavy atom. The molecule has 8 nitrogen and oxygen atoms in total. The van der Waals surface area contributed by atoms with Crippen LogP contribution in [0.1, 0.15) is 44.4 Å². The summed E-state index contributed by atoms with van der Waals surface area (Å²) in [7, 11) is 0. The number of hydrogen-bond donors (Lipinski definition) is 1. The van der Waals surface area contributed by atoms with Gasteiger partial charge in [0.05, 0.1) is 35.4 Å². The minimum atomic E-state index is -0.706. The SMILES string of the molecule is Cc1cc(Cl)cc(-c2ncnn3cc(CN4C(=O)C(C)C(C)(C)C4=O)cc23)c1CC1CNCC(C)O1. The number of ether oxygens (including phenoxy) is 1. The van der Waals surface area contributed by atoms with Gasteiger partial charge in [-0.1, -0.05) is 32.4 Å². The first-order valence-corrected chi connectivity index (χ1v) is 12.8. The maximum Gasteiger partial charge on any atom is 0.235 e. The first-order valence-electron chi connectivity index (χ1n) is 12.4. The summed E-state index contributed by atoms with van der Waals surface area (Å²) in [6, 6.07) is 5.86. The number of benzene rings is 1. The molecular formula is C27H32ClN5O3. The van der Waals surface area contributed by atoms with E-state index in [1.807, 2.05) is 45.2 Å². The monoisotopic (exact) mass is 509 g/mol. The number of aromatic nitrogens is 3. The van der Waals surface area contributed by atoms with Crippen molar-refractivity contribution in [1.82, 2.24) is 24.8 Å². The van der Waals surface area contributed by atoms with E-state index in [1.165, 1.54) is 11.2 Å². The topological polar surface area (TPSA) is 88.8 Å². The molecule has 5 rings (SSSR count). The van der Waals surface area contributed by atoms with Crippen molar-refractivity contribution in [3.63, 3.8) is 0 Å². The van der Waals surface area contributed by atoms with Crippen molar-refractivity contribution in [2.75, 3.05) is 13.1 Å². The van der Waals surface area contributed by atoms with Crippen molar-refractivity contribution >= 4 is 28.9 Å². The Balaban J connectivity index is 1.52. The Morgan fingerprint density at radius 2 is 1.97 bits per heavy atom.